The first kappa shape index (κ1) is 27.8. The van der Waals surface area contributed by atoms with Gasteiger partial charge in [-0.2, -0.15) is 0 Å². The van der Waals surface area contributed by atoms with E-state index in [1.54, 1.807) is 44.1 Å². The number of benzene rings is 1. The van der Waals surface area contributed by atoms with Crippen molar-refractivity contribution in [2.45, 2.75) is 20.0 Å². The van der Waals surface area contributed by atoms with Crippen molar-refractivity contribution in [3.63, 3.8) is 0 Å². The molecule has 0 aliphatic carbocycles. The standard InChI is InChI=1S/C31H31N9O3/c1-18-7-5-8-21(13-18)40-31(42)27(19(2)38(40)3)30(41)35-20-11-12-24(33-14-20)28-29(32)34-15-25(37-28)23-9-6-10-26(36-23)39-16-22(17-39)43-4/h5-15,22H,16-17H2,1-4H3,(H2,32,34)(H,35,41). The molecule has 1 aromatic carbocycles. The molecule has 0 radical (unpaired) electrons. The van der Waals surface area contributed by atoms with E-state index in [-0.39, 0.29) is 17.5 Å². The molecule has 4 aromatic heterocycles. The van der Waals surface area contributed by atoms with Gasteiger partial charge in [-0.25, -0.2) is 19.6 Å². The van der Waals surface area contributed by atoms with Gasteiger partial charge in [0.05, 0.1) is 47.0 Å². The summed E-state index contributed by atoms with van der Waals surface area (Å²) in [6, 6.07) is 16.7. The van der Waals surface area contributed by atoms with Gasteiger partial charge < -0.3 is 20.7 Å². The zero-order chi connectivity index (χ0) is 30.2. The van der Waals surface area contributed by atoms with Crippen molar-refractivity contribution >= 4 is 23.2 Å². The molecule has 3 N–H and O–H groups in total. The minimum atomic E-state index is -0.523. The first-order valence-corrected chi connectivity index (χ1v) is 13.7. The molecule has 1 aliphatic rings. The molecular weight excluding hydrogens is 546 g/mol. The van der Waals surface area contributed by atoms with E-state index in [9.17, 15) is 9.59 Å². The van der Waals surface area contributed by atoms with E-state index >= 15 is 0 Å². The van der Waals surface area contributed by atoms with Crippen LogP contribution >= 0.6 is 0 Å². The number of anilines is 3. The van der Waals surface area contributed by atoms with Gasteiger partial charge in [-0.05, 0) is 55.8 Å². The van der Waals surface area contributed by atoms with Crippen LogP contribution in [0.5, 0.6) is 0 Å². The summed E-state index contributed by atoms with van der Waals surface area (Å²) < 4.78 is 8.52. The molecule has 12 nitrogen and oxygen atoms in total. The number of pyridine rings is 2. The number of aryl methyl sites for hydroxylation is 1. The highest BCUT2D eigenvalue weighted by molar-refractivity contribution is 6.04. The smallest absolute Gasteiger partial charge is 0.284 e. The third-order valence-electron chi connectivity index (χ3n) is 7.59. The van der Waals surface area contributed by atoms with Crippen molar-refractivity contribution in [3.05, 3.63) is 94.2 Å². The zero-order valence-corrected chi connectivity index (χ0v) is 24.3. The average molecular weight is 578 g/mol. The monoisotopic (exact) mass is 577 g/mol. The van der Waals surface area contributed by atoms with Crippen LogP contribution in [-0.4, -0.2) is 61.5 Å². The number of nitrogen functional groups attached to an aromatic ring is 1. The maximum Gasteiger partial charge on any atom is 0.284 e. The lowest BCUT2D eigenvalue weighted by Crippen LogP contribution is -2.52. The Balaban J connectivity index is 1.22. The van der Waals surface area contributed by atoms with Crippen LogP contribution < -0.4 is 21.5 Å². The van der Waals surface area contributed by atoms with Crippen LogP contribution in [-0.2, 0) is 11.8 Å². The third kappa shape index (κ3) is 5.24. The number of rotatable bonds is 7. The van der Waals surface area contributed by atoms with Gasteiger partial charge in [0.25, 0.3) is 11.5 Å². The summed E-state index contributed by atoms with van der Waals surface area (Å²) in [6.07, 6.45) is 3.29. The molecule has 0 saturated carbocycles. The Morgan fingerprint density at radius 3 is 2.49 bits per heavy atom. The summed E-state index contributed by atoms with van der Waals surface area (Å²) in [6.45, 7) is 5.25. The number of aromatic nitrogens is 6. The topological polar surface area (TPSA) is 146 Å². The molecule has 43 heavy (non-hydrogen) atoms. The fraction of sp³-hybridized carbons (Fsp3) is 0.226. The Labute approximate surface area is 247 Å². The van der Waals surface area contributed by atoms with Crippen LogP contribution in [0.25, 0.3) is 28.5 Å². The van der Waals surface area contributed by atoms with E-state index < -0.39 is 11.5 Å². The first-order valence-electron chi connectivity index (χ1n) is 13.7. The number of hydrogen-bond donors (Lipinski definition) is 2. The number of amides is 1. The number of ether oxygens (including phenoxy) is 1. The van der Waals surface area contributed by atoms with Gasteiger partial charge in [0.15, 0.2) is 5.82 Å². The van der Waals surface area contributed by atoms with Crippen molar-refractivity contribution in [1.29, 1.82) is 0 Å². The van der Waals surface area contributed by atoms with Gasteiger partial charge in [-0.3, -0.25) is 19.3 Å². The number of nitrogens with zero attached hydrogens (tertiary/aromatic N) is 7. The minimum absolute atomic E-state index is 0.0570. The number of nitrogens with one attached hydrogen (secondary N) is 1. The third-order valence-corrected chi connectivity index (χ3v) is 7.59. The van der Waals surface area contributed by atoms with E-state index in [1.165, 1.54) is 10.9 Å². The highest BCUT2D eigenvalue weighted by Gasteiger charge is 2.28. The number of carbonyl (C=O) groups is 1. The van der Waals surface area contributed by atoms with Gasteiger partial charge in [0, 0.05) is 27.2 Å². The Morgan fingerprint density at radius 1 is 0.977 bits per heavy atom. The van der Waals surface area contributed by atoms with Crippen molar-refractivity contribution < 1.29 is 9.53 Å². The highest BCUT2D eigenvalue weighted by Crippen LogP contribution is 2.27. The van der Waals surface area contributed by atoms with Gasteiger partial charge in [-0.15, -0.1) is 0 Å². The van der Waals surface area contributed by atoms with Crippen LogP contribution in [0.15, 0.2) is 71.8 Å². The van der Waals surface area contributed by atoms with Gasteiger partial charge in [0.2, 0.25) is 0 Å². The second-order valence-corrected chi connectivity index (χ2v) is 10.5. The van der Waals surface area contributed by atoms with Crippen molar-refractivity contribution in [2.24, 2.45) is 7.05 Å². The second kappa shape index (κ2) is 11.1. The van der Waals surface area contributed by atoms with Gasteiger partial charge in [-0.1, -0.05) is 18.2 Å². The van der Waals surface area contributed by atoms with Gasteiger partial charge >= 0.3 is 0 Å². The molecule has 0 atom stereocenters. The maximum absolute atomic E-state index is 13.3. The number of nitrogens with two attached hydrogens (primary N) is 1. The molecule has 0 unspecified atom stereocenters. The van der Waals surface area contributed by atoms with Crippen LogP contribution in [0.4, 0.5) is 17.3 Å². The quantitative estimate of drug-likeness (QED) is 0.297. The largest absolute Gasteiger partial charge is 0.382 e. The summed E-state index contributed by atoms with van der Waals surface area (Å²) in [5, 5.41) is 2.79. The molecule has 1 amide bonds. The van der Waals surface area contributed by atoms with E-state index in [0.29, 0.717) is 39.8 Å². The number of methoxy groups -OCH3 is 1. The van der Waals surface area contributed by atoms with E-state index in [1.807, 2.05) is 49.4 Å². The fourth-order valence-corrected chi connectivity index (χ4v) is 5.05. The minimum Gasteiger partial charge on any atom is -0.382 e. The lowest BCUT2D eigenvalue weighted by Gasteiger charge is -2.39. The van der Waals surface area contributed by atoms with Crippen LogP contribution in [0, 0.1) is 13.8 Å². The summed E-state index contributed by atoms with van der Waals surface area (Å²) in [5.74, 6) is 0.528. The van der Waals surface area contributed by atoms with Crippen molar-refractivity contribution in [3.8, 4) is 28.5 Å². The second-order valence-electron chi connectivity index (χ2n) is 10.5. The summed E-state index contributed by atoms with van der Waals surface area (Å²) in [5.41, 5.74) is 10.6. The molecular formula is C31H31N9O3. The SMILES string of the molecule is COC1CN(c2cccc(-c3cnc(N)c(-c4ccc(NC(=O)c5c(C)n(C)n(-c6cccc(C)c6)c5=O)cn4)n3)n2)C1. The molecule has 1 saturated heterocycles. The molecule has 0 spiro atoms. The lowest BCUT2D eigenvalue weighted by molar-refractivity contribution is 0.0783. The summed E-state index contributed by atoms with van der Waals surface area (Å²) >= 11 is 0. The lowest BCUT2D eigenvalue weighted by atomic mass is 10.1. The van der Waals surface area contributed by atoms with Crippen LogP contribution in [0.3, 0.4) is 0 Å². The Hall–Kier alpha value is -5.36. The van der Waals surface area contributed by atoms with Crippen molar-refractivity contribution in [1.82, 2.24) is 29.3 Å². The van der Waals surface area contributed by atoms with Crippen LogP contribution in [0.1, 0.15) is 21.6 Å². The van der Waals surface area contributed by atoms with Crippen molar-refractivity contribution in [2.75, 3.05) is 36.1 Å². The van der Waals surface area contributed by atoms with Crippen LogP contribution in [0.2, 0.25) is 0 Å². The number of carbonyl (C=O) groups excluding carboxylic acids is 1. The maximum atomic E-state index is 13.3. The Bertz CT molecular complexity index is 1890. The van der Waals surface area contributed by atoms with Gasteiger partial charge in [0.1, 0.15) is 22.8 Å². The van der Waals surface area contributed by atoms with E-state index in [2.05, 4.69) is 20.2 Å². The molecule has 12 heteroatoms. The highest BCUT2D eigenvalue weighted by atomic mass is 16.5. The zero-order valence-electron chi connectivity index (χ0n) is 24.3. The summed E-state index contributed by atoms with van der Waals surface area (Å²) in [4.78, 5) is 46.9. The molecule has 218 valence electrons. The first-order chi connectivity index (χ1) is 20.7. The predicted octanol–water partition coefficient (Wildman–Crippen LogP) is 3.38. The molecule has 5 heterocycles. The molecule has 6 rings (SSSR count). The predicted molar refractivity (Wildman–Crippen MR) is 164 cm³/mol. The number of hydrogen-bond acceptors (Lipinski definition) is 9. The Kier molecular flexibility index (Phi) is 7.20. The fourth-order valence-electron chi connectivity index (χ4n) is 5.05. The molecule has 1 aliphatic heterocycles. The van der Waals surface area contributed by atoms with E-state index in [4.69, 9.17) is 20.4 Å². The molecule has 1 fully saturated rings. The molecule has 5 aromatic rings. The summed E-state index contributed by atoms with van der Waals surface area (Å²) in [7, 11) is 3.46. The Morgan fingerprint density at radius 2 is 1.77 bits per heavy atom. The van der Waals surface area contributed by atoms with E-state index in [0.717, 1.165) is 24.5 Å². The normalized spacial score (nSPS) is 13.2. The average Bonchev–Trinajstić information content (AvgIpc) is 3.20. The molecule has 0 bridgehead atoms.